The number of carbonyl (C=O) groups excluding carboxylic acids is 2. The zero-order valence-electron chi connectivity index (χ0n) is 12.7. The number of aromatic nitrogens is 1. The molecule has 0 bridgehead atoms. The number of pyridine rings is 1. The second-order valence-corrected chi connectivity index (χ2v) is 5.60. The summed E-state index contributed by atoms with van der Waals surface area (Å²) in [6.45, 7) is 1.50. The molecular formula is C12H14ClF3N6O3. The average Bonchev–Trinajstić information content (AvgIpc) is 2.93. The molecule has 0 unspecified atom stereocenters. The van der Waals surface area contributed by atoms with E-state index in [0.717, 1.165) is 0 Å². The lowest BCUT2D eigenvalue weighted by molar-refractivity contribution is -0.137. The monoisotopic (exact) mass is 382 g/mol. The quantitative estimate of drug-likeness (QED) is 0.324. The Hall–Kier alpha value is -1.99. The molecule has 1 aromatic heterocycles. The van der Waals surface area contributed by atoms with Crippen LogP contribution in [0.5, 0.6) is 0 Å². The van der Waals surface area contributed by atoms with Gasteiger partial charge >= 0.3 is 6.18 Å². The van der Waals surface area contributed by atoms with Crippen LogP contribution < -0.4 is 27.6 Å². The summed E-state index contributed by atoms with van der Waals surface area (Å²) >= 11 is 5.76. The predicted molar refractivity (Wildman–Crippen MR) is 79.2 cm³/mol. The molecule has 0 aromatic carbocycles. The maximum absolute atomic E-state index is 12.6. The number of hydroxylamine groups is 1. The molecule has 6 N–H and O–H groups in total. The van der Waals surface area contributed by atoms with E-state index < -0.39 is 52.5 Å². The van der Waals surface area contributed by atoms with Gasteiger partial charge < -0.3 is 0 Å². The van der Waals surface area contributed by atoms with Gasteiger partial charge in [0.1, 0.15) is 6.04 Å². The highest BCUT2D eigenvalue weighted by Gasteiger charge is 2.46. The number of hydrogen-bond acceptors (Lipinski definition) is 7. The van der Waals surface area contributed by atoms with E-state index >= 15 is 0 Å². The fourth-order valence-electron chi connectivity index (χ4n) is 2.28. The number of rotatable bonds is 3. The van der Waals surface area contributed by atoms with Crippen LogP contribution in [0.2, 0.25) is 5.02 Å². The molecule has 0 saturated carbocycles. The third-order valence-corrected chi connectivity index (χ3v) is 3.85. The molecule has 0 radical (unpaired) electrons. The molecule has 9 nitrogen and oxygen atoms in total. The normalized spacial score (nSPS) is 23.4. The summed E-state index contributed by atoms with van der Waals surface area (Å²) in [6.07, 6.45) is -4.93. The number of carbonyl (C=O) groups is 2. The van der Waals surface area contributed by atoms with Crippen molar-refractivity contribution in [2.75, 3.05) is 5.01 Å². The second-order valence-electron chi connectivity index (χ2n) is 5.19. The minimum absolute atomic E-state index is 0.398. The second kappa shape index (κ2) is 7.09. The van der Waals surface area contributed by atoms with E-state index in [1.165, 1.54) is 6.92 Å². The van der Waals surface area contributed by atoms with E-state index in [0.29, 0.717) is 17.3 Å². The summed E-state index contributed by atoms with van der Waals surface area (Å²) in [5.41, 5.74) is 3.11. The van der Waals surface area contributed by atoms with Gasteiger partial charge in [-0.25, -0.2) is 21.7 Å². The molecule has 2 heterocycles. The molecule has 138 valence electrons. The molecule has 2 amide bonds. The minimum Gasteiger partial charge on any atom is -0.297 e. The van der Waals surface area contributed by atoms with Gasteiger partial charge in [-0.3, -0.25) is 19.9 Å². The van der Waals surface area contributed by atoms with Crippen molar-refractivity contribution in [3.05, 3.63) is 22.8 Å². The van der Waals surface area contributed by atoms with Gasteiger partial charge in [0.05, 0.1) is 22.6 Å². The molecule has 1 aliphatic heterocycles. The number of halogens is 4. The first-order chi connectivity index (χ1) is 11.6. The van der Waals surface area contributed by atoms with Crippen molar-refractivity contribution in [3.63, 3.8) is 0 Å². The van der Waals surface area contributed by atoms with Crippen LogP contribution in [0.1, 0.15) is 12.5 Å². The summed E-state index contributed by atoms with van der Waals surface area (Å²) in [7, 11) is 0. The molecule has 0 spiro atoms. The number of alkyl halides is 3. The molecule has 1 fully saturated rings. The first-order valence-electron chi connectivity index (χ1n) is 6.81. The fraction of sp³-hybridized carbons (Fsp3) is 0.417. The number of anilines is 1. The van der Waals surface area contributed by atoms with Gasteiger partial charge in [-0.15, -0.1) is 0 Å². The lowest BCUT2D eigenvalue weighted by Gasteiger charge is -2.24. The zero-order chi connectivity index (χ0) is 18.9. The Balaban J connectivity index is 2.29. The maximum Gasteiger partial charge on any atom is 0.417 e. The number of nitrogens with one attached hydrogen (secondary N) is 2. The summed E-state index contributed by atoms with van der Waals surface area (Å²) < 4.78 is 37.9. The molecule has 1 saturated heterocycles. The molecule has 1 aliphatic rings. The van der Waals surface area contributed by atoms with Crippen LogP contribution in [0.25, 0.3) is 0 Å². The van der Waals surface area contributed by atoms with E-state index in [2.05, 4.69) is 10.5 Å². The molecule has 13 heteroatoms. The molecule has 1 aromatic rings. The number of nitrogens with two attached hydrogens (primary N) is 2. The standard InChI is InChI=1S/C12H14ClF3N6O3/c1-4-7(8(21-25-4)10(23)20-17)11(24)22(18)9-6(13)2-5(3-19-9)12(14,15)16/h2-4,7-8,21H,17-18H2,1H3,(H,20,23)/t4-,7-,8-/m1/s1. The first-order valence-corrected chi connectivity index (χ1v) is 7.18. The van der Waals surface area contributed by atoms with Crippen molar-refractivity contribution < 1.29 is 27.6 Å². The molecular weight excluding hydrogens is 369 g/mol. The highest BCUT2D eigenvalue weighted by Crippen LogP contribution is 2.33. The van der Waals surface area contributed by atoms with Gasteiger partial charge in [-0.2, -0.15) is 18.7 Å². The minimum atomic E-state index is -4.65. The largest absolute Gasteiger partial charge is 0.417 e. The van der Waals surface area contributed by atoms with Crippen molar-refractivity contribution in [1.29, 1.82) is 0 Å². The van der Waals surface area contributed by atoms with Crippen LogP contribution in [-0.4, -0.2) is 28.9 Å². The summed E-state index contributed by atoms with van der Waals surface area (Å²) in [6, 6.07) is -0.555. The summed E-state index contributed by atoms with van der Waals surface area (Å²) in [5, 5.41) is -0.0124. The molecule has 25 heavy (non-hydrogen) atoms. The number of hydrazine groups is 2. The third kappa shape index (κ3) is 3.82. The smallest absolute Gasteiger partial charge is 0.297 e. The van der Waals surface area contributed by atoms with E-state index in [4.69, 9.17) is 28.1 Å². The van der Waals surface area contributed by atoms with Crippen molar-refractivity contribution >= 4 is 29.2 Å². The van der Waals surface area contributed by atoms with Gasteiger partial charge in [-0.05, 0) is 13.0 Å². The van der Waals surface area contributed by atoms with Crippen LogP contribution in [-0.2, 0) is 20.6 Å². The number of amides is 2. The first kappa shape index (κ1) is 19.3. The topological polar surface area (TPSA) is 136 Å². The van der Waals surface area contributed by atoms with Crippen LogP contribution in [0.3, 0.4) is 0 Å². The van der Waals surface area contributed by atoms with Gasteiger partial charge in [0.25, 0.3) is 11.8 Å². The lowest BCUT2D eigenvalue weighted by atomic mass is 9.94. The Morgan fingerprint density at radius 3 is 2.64 bits per heavy atom. The Morgan fingerprint density at radius 1 is 1.48 bits per heavy atom. The molecule has 0 aliphatic carbocycles. The van der Waals surface area contributed by atoms with Gasteiger partial charge in [0, 0.05) is 6.20 Å². The van der Waals surface area contributed by atoms with Crippen molar-refractivity contribution in [1.82, 2.24) is 15.9 Å². The van der Waals surface area contributed by atoms with E-state index in [-0.39, 0.29) is 0 Å². The van der Waals surface area contributed by atoms with Gasteiger partial charge in [0.2, 0.25) is 0 Å². The van der Waals surface area contributed by atoms with Crippen molar-refractivity contribution in [2.45, 2.75) is 25.2 Å². The Bertz CT molecular complexity index is 689. The zero-order valence-corrected chi connectivity index (χ0v) is 13.4. The fourth-order valence-corrected chi connectivity index (χ4v) is 2.53. The third-order valence-electron chi connectivity index (χ3n) is 3.57. The van der Waals surface area contributed by atoms with Crippen molar-refractivity contribution in [3.8, 4) is 0 Å². The molecule has 3 atom stereocenters. The lowest BCUT2D eigenvalue weighted by Crippen LogP contribution is -2.53. The van der Waals surface area contributed by atoms with E-state index in [1.807, 2.05) is 5.43 Å². The van der Waals surface area contributed by atoms with Crippen molar-refractivity contribution in [2.24, 2.45) is 17.6 Å². The summed E-state index contributed by atoms with van der Waals surface area (Å²) in [4.78, 5) is 32.8. The average molecular weight is 383 g/mol. The highest BCUT2D eigenvalue weighted by molar-refractivity contribution is 6.33. The highest BCUT2D eigenvalue weighted by atomic mass is 35.5. The summed E-state index contributed by atoms with van der Waals surface area (Å²) in [5.74, 6) is 7.61. The SMILES string of the molecule is C[C@H]1ON[C@@H](C(=O)NN)[C@@H]1C(=O)N(N)c1ncc(C(F)(F)F)cc1Cl. The van der Waals surface area contributed by atoms with E-state index in [1.54, 1.807) is 0 Å². The predicted octanol–water partition coefficient (Wildman–Crippen LogP) is -0.141. The Labute approximate surface area is 144 Å². The van der Waals surface area contributed by atoms with Gasteiger partial charge in [-0.1, -0.05) is 11.6 Å². The Morgan fingerprint density at radius 2 is 2.12 bits per heavy atom. The maximum atomic E-state index is 12.6. The molecule has 2 rings (SSSR count). The van der Waals surface area contributed by atoms with Crippen LogP contribution in [0.4, 0.5) is 19.0 Å². The van der Waals surface area contributed by atoms with Crippen LogP contribution >= 0.6 is 11.6 Å². The van der Waals surface area contributed by atoms with E-state index in [9.17, 15) is 22.8 Å². The van der Waals surface area contributed by atoms with Crippen LogP contribution in [0, 0.1) is 5.92 Å². The number of hydrogen-bond donors (Lipinski definition) is 4. The van der Waals surface area contributed by atoms with Gasteiger partial charge in [0.15, 0.2) is 5.82 Å². The number of nitrogens with zero attached hydrogens (tertiary/aromatic N) is 2. The Kier molecular flexibility index (Phi) is 5.49. The van der Waals surface area contributed by atoms with Crippen LogP contribution in [0.15, 0.2) is 12.3 Å².